The van der Waals surface area contributed by atoms with Gasteiger partial charge in [-0.2, -0.15) is 5.26 Å². The Bertz CT molecular complexity index is 1020. The molecule has 2 aromatic carbocycles. The van der Waals surface area contributed by atoms with Crippen molar-refractivity contribution in [2.45, 2.75) is 13.8 Å². The minimum absolute atomic E-state index is 0.106. The van der Waals surface area contributed by atoms with E-state index in [0.717, 1.165) is 5.56 Å². The first-order chi connectivity index (χ1) is 14.9. The topological polar surface area (TPSA) is 107 Å². The van der Waals surface area contributed by atoms with E-state index < -0.39 is 11.9 Å². The zero-order valence-electron chi connectivity index (χ0n) is 17.9. The lowest BCUT2D eigenvalue weighted by Crippen LogP contribution is -2.15. The number of hydrogen-bond donors (Lipinski definition) is 1. The van der Waals surface area contributed by atoms with Gasteiger partial charge in [-0.15, -0.1) is 0 Å². The van der Waals surface area contributed by atoms with Crippen molar-refractivity contribution in [2.75, 3.05) is 32.8 Å². The normalized spacial score (nSPS) is 10.6. The number of esters is 1. The van der Waals surface area contributed by atoms with Gasteiger partial charge in [0.1, 0.15) is 17.4 Å². The molecule has 8 heteroatoms. The highest BCUT2D eigenvalue weighted by Crippen LogP contribution is 2.29. The van der Waals surface area contributed by atoms with Gasteiger partial charge in [-0.25, -0.2) is 4.79 Å². The number of benzene rings is 2. The Morgan fingerprint density at radius 1 is 1.06 bits per heavy atom. The van der Waals surface area contributed by atoms with Gasteiger partial charge in [-0.3, -0.25) is 4.79 Å². The Kier molecular flexibility index (Phi) is 8.46. The van der Waals surface area contributed by atoms with Gasteiger partial charge < -0.3 is 24.3 Å². The Morgan fingerprint density at radius 3 is 2.42 bits per heavy atom. The predicted molar refractivity (Wildman–Crippen MR) is 115 cm³/mol. The second-order valence-electron chi connectivity index (χ2n) is 6.33. The second kappa shape index (κ2) is 11.3. The molecule has 2 rings (SSSR count). The molecule has 0 radical (unpaired) electrons. The Balaban J connectivity index is 2.21. The molecule has 0 fully saturated rings. The van der Waals surface area contributed by atoms with Crippen LogP contribution >= 0.6 is 0 Å². The first-order valence-electron chi connectivity index (χ1n) is 9.46. The molecule has 0 aromatic heterocycles. The highest BCUT2D eigenvalue weighted by molar-refractivity contribution is 6.10. The molecule has 0 unspecified atom stereocenters. The Hall–Kier alpha value is -3.99. The third kappa shape index (κ3) is 6.51. The number of methoxy groups -OCH3 is 2. The quantitative estimate of drug-likeness (QED) is 0.373. The van der Waals surface area contributed by atoms with Gasteiger partial charge in [-0.1, -0.05) is 12.1 Å². The summed E-state index contributed by atoms with van der Waals surface area (Å²) in [6.07, 6.45) is 1.43. The summed E-state index contributed by atoms with van der Waals surface area (Å²) in [4.78, 5) is 24.1. The molecule has 0 saturated heterocycles. The summed E-state index contributed by atoms with van der Waals surface area (Å²) in [6, 6.07) is 12.1. The van der Waals surface area contributed by atoms with E-state index in [2.05, 4.69) is 5.32 Å². The number of hydrogen-bond acceptors (Lipinski definition) is 7. The fourth-order valence-electron chi connectivity index (χ4n) is 2.66. The monoisotopic (exact) mass is 424 g/mol. The predicted octanol–water partition coefficient (Wildman–Crippen LogP) is 3.50. The molecule has 0 aliphatic heterocycles. The molecule has 0 spiro atoms. The van der Waals surface area contributed by atoms with Gasteiger partial charge in [-0.05, 0) is 55.3 Å². The number of nitrogens with one attached hydrogen (secondary N) is 1. The van der Waals surface area contributed by atoms with Crippen LogP contribution in [0.4, 0.5) is 5.69 Å². The molecule has 31 heavy (non-hydrogen) atoms. The maximum atomic E-state index is 12.6. The maximum absolute atomic E-state index is 12.6. The van der Waals surface area contributed by atoms with Crippen LogP contribution in [0.25, 0.3) is 6.08 Å². The van der Waals surface area contributed by atoms with Gasteiger partial charge in [0.05, 0.1) is 26.5 Å². The van der Waals surface area contributed by atoms with E-state index in [4.69, 9.17) is 18.9 Å². The van der Waals surface area contributed by atoms with Gasteiger partial charge in [0.25, 0.3) is 5.91 Å². The number of carbonyl (C=O) groups excluding carboxylic acids is 2. The molecule has 0 bridgehead atoms. The van der Waals surface area contributed by atoms with Crippen molar-refractivity contribution in [1.29, 1.82) is 5.26 Å². The molecular formula is C23H24N2O6. The summed E-state index contributed by atoms with van der Waals surface area (Å²) in [5.41, 5.74) is 1.84. The number of amides is 1. The SMILES string of the molecule is CCOC(=O)COc1ccc(/C=C(\C#N)C(=O)Nc2cc(C)ccc2OC)cc1OC. The number of carbonyl (C=O) groups is 2. The van der Waals surface area contributed by atoms with E-state index in [9.17, 15) is 14.9 Å². The van der Waals surface area contributed by atoms with Crippen molar-refractivity contribution < 1.29 is 28.5 Å². The summed E-state index contributed by atoms with van der Waals surface area (Å²) >= 11 is 0. The van der Waals surface area contributed by atoms with Gasteiger partial charge in [0.2, 0.25) is 0 Å². The van der Waals surface area contributed by atoms with Crippen LogP contribution in [0.3, 0.4) is 0 Å². The van der Waals surface area contributed by atoms with E-state index >= 15 is 0 Å². The van der Waals surface area contributed by atoms with Crippen molar-refractivity contribution in [3.05, 3.63) is 53.1 Å². The van der Waals surface area contributed by atoms with Gasteiger partial charge in [0.15, 0.2) is 18.1 Å². The van der Waals surface area contributed by atoms with Crippen molar-refractivity contribution in [3.63, 3.8) is 0 Å². The number of rotatable bonds is 9. The minimum atomic E-state index is -0.576. The average molecular weight is 424 g/mol. The second-order valence-corrected chi connectivity index (χ2v) is 6.33. The lowest BCUT2D eigenvalue weighted by molar-refractivity contribution is -0.145. The summed E-state index contributed by atoms with van der Waals surface area (Å²) in [6.45, 7) is 3.59. The Labute approximate surface area is 181 Å². The zero-order valence-corrected chi connectivity index (χ0v) is 17.9. The zero-order chi connectivity index (χ0) is 22.8. The van der Waals surface area contributed by atoms with Crippen molar-refractivity contribution >= 4 is 23.6 Å². The standard InChI is InChI=1S/C23H24N2O6/c1-5-30-22(26)14-31-20-9-7-16(12-21(20)29-4)11-17(13-24)23(27)25-18-10-15(2)6-8-19(18)28-3/h6-12H,5,14H2,1-4H3,(H,25,27)/b17-11+. The average Bonchev–Trinajstić information content (AvgIpc) is 2.76. The van der Waals surface area contributed by atoms with Crippen LogP contribution in [0.2, 0.25) is 0 Å². The van der Waals surface area contributed by atoms with Crippen molar-refractivity contribution in [2.24, 2.45) is 0 Å². The number of aryl methyl sites for hydroxylation is 1. The van der Waals surface area contributed by atoms with E-state index in [1.54, 1.807) is 37.3 Å². The third-order valence-corrected chi connectivity index (χ3v) is 4.12. The largest absolute Gasteiger partial charge is 0.495 e. The van der Waals surface area contributed by atoms with Crippen LogP contribution in [-0.2, 0) is 14.3 Å². The lowest BCUT2D eigenvalue weighted by atomic mass is 10.1. The molecule has 0 heterocycles. The molecule has 0 atom stereocenters. The number of ether oxygens (including phenoxy) is 4. The highest BCUT2D eigenvalue weighted by atomic mass is 16.6. The third-order valence-electron chi connectivity index (χ3n) is 4.12. The van der Waals surface area contributed by atoms with Crippen LogP contribution < -0.4 is 19.5 Å². The molecule has 0 saturated carbocycles. The molecule has 1 amide bonds. The Morgan fingerprint density at radius 2 is 1.77 bits per heavy atom. The fraction of sp³-hybridized carbons (Fsp3) is 0.261. The summed E-state index contributed by atoms with van der Waals surface area (Å²) < 4.78 is 20.8. The first-order valence-corrected chi connectivity index (χ1v) is 9.46. The highest BCUT2D eigenvalue weighted by Gasteiger charge is 2.14. The molecule has 0 aliphatic carbocycles. The van der Waals surface area contributed by atoms with Gasteiger partial charge in [0, 0.05) is 0 Å². The number of nitriles is 1. The molecule has 8 nitrogen and oxygen atoms in total. The van der Waals surface area contributed by atoms with Gasteiger partial charge >= 0.3 is 5.97 Å². The van der Waals surface area contributed by atoms with Crippen molar-refractivity contribution in [1.82, 2.24) is 0 Å². The lowest BCUT2D eigenvalue weighted by Gasteiger charge is -2.12. The smallest absolute Gasteiger partial charge is 0.344 e. The van der Waals surface area contributed by atoms with Crippen molar-refractivity contribution in [3.8, 4) is 23.3 Å². The fourth-order valence-corrected chi connectivity index (χ4v) is 2.66. The molecule has 1 N–H and O–H groups in total. The molecular weight excluding hydrogens is 400 g/mol. The van der Waals surface area contributed by atoms with E-state index in [-0.39, 0.29) is 18.8 Å². The van der Waals surface area contributed by atoms with E-state index in [1.807, 2.05) is 19.1 Å². The summed E-state index contributed by atoms with van der Waals surface area (Å²) in [5.74, 6) is 0.0915. The number of nitrogens with zero attached hydrogens (tertiary/aromatic N) is 1. The number of anilines is 1. The van der Waals surface area contributed by atoms with Crippen LogP contribution in [0.1, 0.15) is 18.1 Å². The first kappa shape index (κ1) is 23.3. The van der Waals surface area contributed by atoms with E-state index in [1.165, 1.54) is 20.3 Å². The minimum Gasteiger partial charge on any atom is -0.495 e. The van der Waals surface area contributed by atoms with Crippen LogP contribution in [0.5, 0.6) is 17.2 Å². The molecule has 162 valence electrons. The summed E-state index contributed by atoms with van der Waals surface area (Å²) in [5, 5.41) is 12.2. The molecule has 2 aromatic rings. The summed E-state index contributed by atoms with van der Waals surface area (Å²) in [7, 11) is 2.95. The van der Waals surface area contributed by atoms with Crippen LogP contribution in [-0.4, -0.2) is 39.3 Å². The van der Waals surface area contributed by atoms with E-state index in [0.29, 0.717) is 28.5 Å². The van der Waals surface area contributed by atoms with Crippen LogP contribution in [0, 0.1) is 18.3 Å². The van der Waals surface area contributed by atoms with Crippen LogP contribution in [0.15, 0.2) is 42.0 Å². The maximum Gasteiger partial charge on any atom is 0.344 e. The molecule has 0 aliphatic rings.